The van der Waals surface area contributed by atoms with Crippen LogP contribution in [0.25, 0.3) is 0 Å². The average molecular weight is 340 g/mol. The fourth-order valence-electron chi connectivity index (χ4n) is 1.61. The van der Waals surface area contributed by atoms with Gasteiger partial charge in [-0.15, -0.1) is 0 Å². The molecule has 0 heterocycles. The highest BCUT2D eigenvalue weighted by Crippen LogP contribution is 2.25. The maximum absolute atomic E-state index is 12.9. The van der Waals surface area contributed by atoms with Crippen molar-refractivity contribution in [1.82, 2.24) is 0 Å². The van der Waals surface area contributed by atoms with Gasteiger partial charge in [0.2, 0.25) is 0 Å². The molecule has 0 saturated carbocycles. The number of nitrogen functional groups attached to an aromatic ring is 1. The van der Waals surface area contributed by atoms with Gasteiger partial charge in [0.25, 0.3) is 0 Å². The molecule has 0 bridgehead atoms. The number of carbonyl (C=O) groups is 1. The second-order valence-electron chi connectivity index (χ2n) is 4.08. The number of halogens is 2. The predicted octanol–water partition coefficient (Wildman–Crippen LogP) is 3.45. The Morgan fingerprint density at radius 1 is 1.30 bits per heavy atom. The molecule has 0 aromatic heterocycles. The Morgan fingerprint density at radius 2 is 2.05 bits per heavy atom. The monoisotopic (exact) mass is 339 g/mol. The van der Waals surface area contributed by atoms with Gasteiger partial charge in [0.05, 0.1) is 11.3 Å². The quantitative estimate of drug-likeness (QED) is 0.837. The summed E-state index contributed by atoms with van der Waals surface area (Å²) < 4.78 is 19.1. The van der Waals surface area contributed by atoms with Gasteiger partial charge in [0.1, 0.15) is 18.2 Å². The molecule has 0 saturated heterocycles. The van der Waals surface area contributed by atoms with Crippen LogP contribution < -0.4 is 10.5 Å². The van der Waals surface area contributed by atoms with E-state index in [0.29, 0.717) is 10.2 Å². The molecular formula is C14H11BrFNO3. The SMILES string of the molecule is Nc1cc(C(=O)O)ccc1OCc1ccc(F)cc1Br. The third-order valence-corrected chi connectivity index (χ3v) is 3.39. The van der Waals surface area contributed by atoms with Crippen LogP contribution in [0, 0.1) is 5.82 Å². The number of hydrogen-bond acceptors (Lipinski definition) is 3. The third-order valence-electron chi connectivity index (χ3n) is 2.66. The van der Waals surface area contributed by atoms with Crippen LogP contribution in [0.2, 0.25) is 0 Å². The van der Waals surface area contributed by atoms with Gasteiger partial charge in [-0.25, -0.2) is 9.18 Å². The van der Waals surface area contributed by atoms with Gasteiger partial charge in [-0.1, -0.05) is 22.0 Å². The standard InChI is InChI=1S/C14H11BrFNO3/c15-11-6-10(16)3-1-9(11)7-20-13-4-2-8(14(18)19)5-12(13)17/h1-6H,7,17H2,(H,18,19). The number of carboxylic acids is 1. The molecule has 0 unspecified atom stereocenters. The lowest BCUT2D eigenvalue weighted by molar-refractivity contribution is 0.0697. The lowest BCUT2D eigenvalue weighted by Gasteiger charge is -2.10. The smallest absolute Gasteiger partial charge is 0.335 e. The molecule has 4 nitrogen and oxygen atoms in total. The molecule has 0 aliphatic heterocycles. The van der Waals surface area contributed by atoms with Crippen LogP contribution in [0.15, 0.2) is 40.9 Å². The summed E-state index contributed by atoms with van der Waals surface area (Å²) in [5, 5.41) is 8.83. The Morgan fingerprint density at radius 3 is 2.65 bits per heavy atom. The van der Waals surface area contributed by atoms with Gasteiger partial charge in [-0.05, 0) is 30.3 Å². The average Bonchev–Trinajstić information content (AvgIpc) is 2.38. The van der Waals surface area contributed by atoms with Crippen LogP contribution in [-0.4, -0.2) is 11.1 Å². The summed E-state index contributed by atoms with van der Waals surface area (Å²) in [6.07, 6.45) is 0. The van der Waals surface area contributed by atoms with E-state index in [1.54, 1.807) is 6.07 Å². The molecule has 20 heavy (non-hydrogen) atoms. The fraction of sp³-hybridized carbons (Fsp3) is 0.0714. The highest BCUT2D eigenvalue weighted by Gasteiger charge is 2.08. The molecule has 104 valence electrons. The van der Waals surface area contributed by atoms with Crippen LogP contribution in [0.4, 0.5) is 10.1 Å². The second-order valence-corrected chi connectivity index (χ2v) is 4.94. The number of benzene rings is 2. The van der Waals surface area contributed by atoms with Gasteiger partial charge in [-0.2, -0.15) is 0 Å². The molecule has 2 aromatic carbocycles. The zero-order valence-electron chi connectivity index (χ0n) is 10.3. The molecule has 0 radical (unpaired) electrons. The number of ether oxygens (including phenoxy) is 1. The van der Waals surface area contributed by atoms with E-state index in [9.17, 15) is 9.18 Å². The Balaban J connectivity index is 2.13. The Hall–Kier alpha value is -2.08. The highest BCUT2D eigenvalue weighted by atomic mass is 79.9. The summed E-state index contributed by atoms with van der Waals surface area (Å²) in [7, 11) is 0. The molecular weight excluding hydrogens is 329 g/mol. The molecule has 0 amide bonds. The first kappa shape index (κ1) is 14.3. The van der Waals surface area contributed by atoms with Gasteiger partial charge < -0.3 is 15.6 Å². The predicted molar refractivity (Wildman–Crippen MR) is 76.2 cm³/mol. The van der Waals surface area contributed by atoms with Crippen molar-refractivity contribution in [3.63, 3.8) is 0 Å². The van der Waals surface area contributed by atoms with Crippen molar-refractivity contribution in [1.29, 1.82) is 0 Å². The van der Waals surface area contributed by atoms with E-state index in [-0.39, 0.29) is 23.7 Å². The molecule has 0 fully saturated rings. The topological polar surface area (TPSA) is 72.6 Å². The molecule has 0 spiro atoms. The third kappa shape index (κ3) is 3.27. The number of carboxylic acid groups (broad SMARTS) is 1. The van der Waals surface area contributed by atoms with Gasteiger partial charge >= 0.3 is 5.97 Å². The van der Waals surface area contributed by atoms with Crippen LogP contribution >= 0.6 is 15.9 Å². The number of hydrogen-bond donors (Lipinski definition) is 2. The minimum Gasteiger partial charge on any atom is -0.487 e. The minimum atomic E-state index is -1.05. The van der Waals surface area contributed by atoms with Crippen molar-refractivity contribution in [3.8, 4) is 5.75 Å². The highest BCUT2D eigenvalue weighted by molar-refractivity contribution is 9.10. The molecule has 0 atom stereocenters. The van der Waals surface area contributed by atoms with E-state index < -0.39 is 5.97 Å². The van der Waals surface area contributed by atoms with Crippen LogP contribution in [0.5, 0.6) is 5.75 Å². The van der Waals surface area contributed by atoms with Crippen LogP contribution in [0.1, 0.15) is 15.9 Å². The lowest BCUT2D eigenvalue weighted by Crippen LogP contribution is -2.02. The lowest BCUT2D eigenvalue weighted by atomic mass is 10.2. The zero-order chi connectivity index (χ0) is 14.7. The summed E-state index contributed by atoms with van der Waals surface area (Å²) >= 11 is 3.24. The molecule has 3 N–H and O–H groups in total. The minimum absolute atomic E-state index is 0.0952. The fourth-order valence-corrected chi connectivity index (χ4v) is 2.07. The van der Waals surface area contributed by atoms with Gasteiger partial charge in [0, 0.05) is 10.0 Å². The van der Waals surface area contributed by atoms with E-state index in [2.05, 4.69) is 15.9 Å². The van der Waals surface area contributed by atoms with E-state index >= 15 is 0 Å². The largest absolute Gasteiger partial charge is 0.487 e. The molecule has 0 aliphatic rings. The van der Waals surface area contributed by atoms with Gasteiger partial charge in [0.15, 0.2) is 0 Å². The first-order chi connectivity index (χ1) is 9.47. The molecule has 2 aromatic rings. The van der Waals surface area contributed by atoms with E-state index in [1.807, 2.05) is 0 Å². The maximum atomic E-state index is 12.9. The summed E-state index contributed by atoms with van der Waals surface area (Å²) in [4.78, 5) is 10.8. The van der Waals surface area contributed by atoms with Crippen LogP contribution in [-0.2, 0) is 6.61 Å². The van der Waals surface area contributed by atoms with E-state index in [4.69, 9.17) is 15.6 Å². The van der Waals surface area contributed by atoms with E-state index in [0.717, 1.165) is 5.56 Å². The summed E-state index contributed by atoms with van der Waals surface area (Å²) in [6, 6.07) is 8.51. The Kier molecular flexibility index (Phi) is 4.24. The molecule has 6 heteroatoms. The summed E-state index contributed by atoms with van der Waals surface area (Å²) in [5.41, 5.74) is 6.82. The Labute approximate surface area is 123 Å². The number of nitrogens with two attached hydrogens (primary N) is 1. The maximum Gasteiger partial charge on any atom is 0.335 e. The summed E-state index contributed by atoms with van der Waals surface area (Å²) in [5.74, 6) is -1.01. The van der Waals surface area contributed by atoms with E-state index in [1.165, 1.54) is 30.3 Å². The van der Waals surface area contributed by atoms with Crippen molar-refractivity contribution < 1.29 is 19.0 Å². The first-order valence-electron chi connectivity index (χ1n) is 5.67. The zero-order valence-corrected chi connectivity index (χ0v) is 11.9. The van der Waals surface area contributed by atoms with Crippen molar-refractivity contribution >= 4 is 27.6 Å². The van der Waals surface area contributed by atoms with Crippen molar-refractivity contribution in [2.24, 2.45) is 0 Å². The Bertz CT molecular complexity index is 661. The van der Waals surface area contributed by atoms with Gasteiger partial charge in [-0.3, -0.25) is 0 Å². The summed E-state index contributed by atoms with van der Waals surface area (Å²) in [6.45, 7) is 0.192. The van der Waals surface area contributed by atoms with Crippen molar-refractivity contribution in [3.05, 3.63) is 57.8 Å². The van der Waals surface area contributed by atoms with Crippen LogP contribution in [0.3, 0.4) is 0 Å². The number of anilines is 1. The first-order valence-corrected chi connectivity index (χ1v) is 6.46. The van der Waals surface area contributed by atoms with Crippen molar-refractivity contribution in [2.45, 2.75) is 6.61 Å². The normalized spacial score (nSPS) is 10.3. The number of aromatic carboxylic acids is 1. The van der Waals surface area contributed by atoms with Crippen molar-refractivity contribution in [2.75, 3.05) is 5.73 Å². The number of rotatable bonds is 4. The second kappa shape index (κ2) is 5.92. The molecule has 0 aliphatic carbocycles. The molecule has 2 rings (SSSR count).